The van der Waals surface area contributed by atoms with Gasteiger partial charge in [0.1, 0.15) is 0 Å². The Balaban J connectivity index is 2.94. The first-order valence-corrected chi connectivity index (χ1v) is 7.05. The molecule has 0 bridgehead atoms. The smallest absolute Gasteiger partial charge is 0.504 e. The highest BCUT2D eigenvalue weighted by molar-refractivity contribution is 6.60. The molecule has 0 aliphatic rings. The predicted octanol–water partition coefficient (Wildman–Crippen LogP) is 1.36. The Morgan fingerprint density at radius 3 is 2.12 bits per heavy atom. The summed E-state index contributed by atoms with van der Waals surface area (Å²) in [6.45, 7) is 0. The Morgan fingerprint density at radius 2 is 1.65 bits per heavy atom. The summed E-state index contributed by atoms with van der Waals surface area (Å²) in [6, 6.07) is 5.63. The van der Waals surface area contributed by atoms with Crippen LogP contribution in [0.15, 0.2) is 18.2 Å². The van der Waals surface area contributed by atoms with Gasteiger partial charge in [0.25, 0.3) is 0 Å². The van der Waals surface area contributed by atoms with E-state index in [1.165, 1.54) is 7.11 Å². The summed E-state index contributed by atoms with van der Waals surface area (Å²) in [6.07, 6.45) is 0. The maximum atomic E-state index is 9.50. The van der Waals surface area contributed by atoms with Crippen LogP contribution in [0.1, 0.15) is 5.56 Å². The third-order valence-electron chi connectivity index (χ3n) is 2.60. The van der Waals surface area contributed by atoms with Crippen LogP contribution in [-0.4, -0.2) is 42.4 Å². The van der Waals surface area contributed by atoms with Crippen molar-refractivity contribution in [2.75, 3.05) is 28.4 Å². The van der Waals surface area contributed by atoms with Crippen LogP contribution in [0.2, 0.25) is 0 Å². The van der Waals surface area contributed by atoms with E-state index < -0.39 is 8.80 Å². The number of methoxy groups -OCH3 is 1. The van der Waals surface area contributed by atoms with Gasteiger partial charge >= 0.3 is 8.80 Å². The average molecular weight is 258 g/mol. The molecule has 96 valence electrons. The molecule has 0 radical (unpaired) electrons. The normalized spacial score (nSPS) is 11.5. The molecule has 0 unspecified atom stereocenters. The fourth-order valence-electron chi connectivity index (χ4n) is 1.55. The lowest BCUT2D eigenvalue weighted by atomic mass is 10.2. The van der Waals surface area contributed by atoms with E-state index in [1.54, 1.807) is 39.5 Å². The average Bonchev–Trinajstić information content (AvgIpc) is 2.38. The van der Waals surface area contributed by atoms with Crippen molar-refractivity contribution in [2.24, 2.45) is 0 Å². The molecule has 1 aromatic rings. The zero-order valence-corrected chi connectivity index (χ0v) is 11.5. The molecular formula is C11H18O5Si. The van der Waals surface area contributed by atoms with Crippen molar-refractivity contribution >= 4 is 8.80 Å². The van der Waals surface area contributed by atoms with Gasteiger partial charge in [-0.05, 0) is 17.7 Å². The standard InChI is InChI=1S/C11H18O5Si/c1-13-11-7-9(5-6-10(11)12)8-17(14-2,15-3)16-4/h5-7,12H,8H2,1-4H3. The predicted molar refractivity (Wildman–Crippen MR) is 65.1 cm³/mol. The summed E-state index contributed by atoms with van der Waals surface area (Å²) >= 11 is 0. The summed E-state index contributed by atoms with van der Waals surface area (Å²) < 4.78 is 21.0. The molecule has 0 heterocycles. The molecule has 0 aliphatic carbocycles. The molecule has 0 spiro atoms. The highest BCUT2D eigenvalue weighted by atomic mass is 28.4. The molecular weight excluding hydrogens is 240 g/mol. The summed E-state index contributed by atoms with van der Waals surface area (Å²) in [5.41, 5.74) is 0.928. The number of phenols is 1. The highest BCUT2D eigenvalue weighted by Crippen LogP contribution is 2.27. The van der Waals surface area contributed by atoms with Gasteiger partial charge < -0.3 is 23.1 Å². The number of aromatic hydroxyl groups is 1. The molecule has 6 heteroatoms. The van der Waals surface area contributed by atoms with Gasteiger partial charge in [-0.15, -0.1) is 0 Å². The first kappa shape index (κ1) is 14.0. The quantitative estimate of drug-likeness (QED) is 0.781. The SMILES string of the molecule is COc1cc(C[Si](OC)(OC)OC)ccc1O. The second kappa shape index (κ2) is 6.01. The lowest BCUT2D eigenvalue weighted by Crippen LogP contribution is -2.45. The number of rotatable bonds is 6. The van der Waals surface area contributed by atoms with E-state index in [0.717, 1.165) is 5.56 Å². The summed E-state index contributed by atoms with van der Waals surface area (Å²) in [5, 5.41) is 9.50. The van der Waals surface area contributed by atoms with Crippen LogP contribution in [0.4, 0.5) is 0 Å². The third-order valence-corrected chi connectivity index (χ3v) is 5.31. The van der Waals surface area contributed by atoms with Crippen molar-refractivity contribution in [3.63, 3.8) is 0 Å². The first-order chi connectivity index (χ1) is 8.10. The number of hydrogen-bond donors (Lipinski definition) is 1. The van der Waals surface area contributed by atoms with E-state index >= 15 is 0 Å². The lowest BCUT2D eigenvalue weighted by Gasteiger charge is -2.24. The van der Waals surface area contributed by atoms with Crippen LogP contribution in [0.5, 0.6) is 11.5 Å². The summed E-state index contributed by atoms with van der Waals surface area (Å²) in [5.74, 6) is 0.532. The lowest BCUT2D eigenvalue weighted by molar-refractivity contribution is 0.122. The van der Waals surface area contributed by atoms with E-state index in [4.69, 9.17) is 18.0 Å². The van der Waals surface area contributed by atoms with Crippen LogP contribution in [-0.2, 0) is 19.3 Å². The van der Waals surface area contributed by atoms with Crippen molar-refractivity contribution in [1.29, 1.82) is 0 Å². The molecule has 0 aromatic heterocycles. The molecule has 5 nitrogen and oxygen atoms in total. The van der Waals surface area contributed by atoms with Gasteiger partial charge in [0.2, 0.25) is 0 Å². The maximum absolute atomic E-state index is 9.50. The van der Waals surface area contributed by atoms with Gasteiger partial charge in [0, 0.05) is 27.4 Å². The van der Waals surface area contributed by atoms with Crippen molar-refractivity contribution < 1.29 is 23.1 Å². The van der Waals surface area contributed by atoms with E-state index in [9.17, 15) is 5.11 Å². The highest BCUT2D eigenvalue weighted by Gasteiger charge is 2.38. The zero-order chi connectivity index (χ0) is 12.9. The van der Waals surface area contributed by atoms with E-state index in [0.29, 0.717) is 11.8 Å². The van der Waals surface area contributed by atoms with E-state index in [1.807, 2.05) is 0 Å². The molecule has 0 atom stereocenters. The van der Waals surface area contributed by atoms with Gasteiger partial charge in [-0.2, -0.15) is 0 Å². The monoisotopic (exact) mass is 258 g/mol. The van der Waals surface area contributed by atoms with Crippen LogP contribution < -0.4 is 4.74 Å². The first-order valence-electron chi connectivity index (χ1n) is 5.12. The van der Waals surface area contributed by atoms with Gasteiger partial charge in [0.05, 0.1) is 7.11 Å². The Bertz CT molecular complexity index is 357. The fourth-order valence-corrected chi connectivity index (χ4v) is 3.20. The van der Waals surface area contributed by atoms with Gasteiger partial charge in [0.15, 0.2) is 11.5 Å². The Morgan fingerprint density at radius 1 is 1.06 bits per heavy atom. The molecule has 1 rings (SSSR count). The maximum Gasteiger partial charge on any atom is 0.504 e. The molecule has 0 amide bonds. The van der Waals surface area contributed by atoms with Crippen LogP contribution in [0, 0.1) is 0 Å². The fraction of sp³-hybridized carbons (Fsp3) is 0.455. The minimum atomic E-state index is -2.65. The molecule has 1 N–H and O–H groups in total. The summed E-state index contributed by atoms with van der Waals surface area (Å²) in [7, 11) is 3.56. The minimum Gasteiger partial charge on any atom is -0.504 e. The van der Waals surface area contributed by atoms with Crippen molar-refractivity contribution in [3.8, 4) is 11.5 Å². The molecule has 0 saturated heterocycles. The van der Waals surface area contributed by atoms with Crippen molar-refractivity contribution in [2.45, 2.75) is 6.04 Å². The van der Waals surface area contributed by atoms with Crippen molar-refractivity contribution in [3.05, 3.63) is 23.8 Å². The Hall–Kier alpha value is -1.08. The Labute approximate surface area is 102 Å². The van der Waals surface area contributed by atoms with Crippen LogP contribution >= 0.6 is 0 Å². The molecule has 17 heavy (non-hydrogen) atoms. The van der Waals surface area contributed by atoms with Crippen molar-refractivity contribution in [1.82, 2.24) is 0 Å². The molecule has 0 saturated carbocycles. The molecule has 0 fully saturated rings. The van der Waals surface area contributed by atoms with Crippen LogP contribution in [0.3, 0.4) is 0 Å². The molecule has 0 aliphatic heterocycles. The number of benzene rings is 1. The largest absolute Gasteiger partial charge is 0.504 e. The van der Waals surface area contributed by atoms with E-state index in [-0.39, 0.29) is 5.75 Å². The third kappa shape index (κ3) is 3.19. The number of phenolic OH excluding ortho intramolecular Hbond substituents is 1. The van der Waals surface area contributed by atoms with Gasteiger partial charge in [-0.25, -0.2) is 0 Å². The molecule has 1 aromatic carbocycles. The van der Waals surface area contributed by atoms with E-state index in [2.05, 4.69) is 0 Å². The van der Waals surface area contributed by atoms with Gasteiger partial charge in [-0.3, -0.25) is 0 Å². The minimum absolute atomic E-state index is 0.107. The second-order valence-corrected chi connectivity index (χ2v) is 6.42. The summed E-state index contributed by atoms with van der Waals surface area (Å²) in [4.78, 5) is 0. The zero-order valence-electron chi connectivity index (χ0n) is 10.5. The van der Waals surface area contributed by atoms with Crippen LogP contribution in [0.25, 0.3) is 0 Å². The topological polar surface area (TPSA) is 57.2 Å². The van der Waals surface area contributed by atoms with Gasteiger partial charge in [-0.1, -0.05) is 6.07 Å². The number of hydrogen-bond acceptors (Lipinski definition) is 5. The number of ether oxygens (including phenoxy) is 1. The second-order valence-electron chi connectivity index (χ2n) is 3.48. The Kier molecular flexibility index (Phi) is 4.95.